The van der Waals surface area contributed by atoms with Crippen LogP contribution in [0.15, 0.2) is 42.5 Å². The van der Waals surface area contributed by atoms with E-state index in [1.54, 1.807) is 0 Å². The number of imidazole rings is 1. The average molecular weight is 387 g/mol. The number of nitrogens with zero attached hydrogens (tertiary/aromatic N) is 2. The number of morpholine rings is 1. The first-order valence-electron chi connectivity index (χ1n) is 8.81. The van der Waals surface area contributed by atoms with Crippen molar-refractivity contribution in [1.82, 2.24) is 14.9 Å². The first-order valence-corrected chi connectivity index (χ1v) is 8.81. The maximum atomic E-state index is 12.6. The summed E-state index contributed by atoms with van der Waals surface area (Å²) >= 11 is 0. The molecule has 2 heterocycles. The molecule has 6 nitrogen and oxygen atoms in total. The van der Waals surface area contributed by atoms with Gasteiger partial charge in [-0.1, -0.05) is 23.8 Å². The zero-order valence-corrected chi connectivity index (χ0v) is 16.2. The number of benzene rings is 2. The van der Waals surface area contributed by atoms with Crippen LogP contribution in [0.5, 0.6) is 0 Å². The van der Waals surface area contributed by atoms with Crippen molar-refractivity contribution in [2.75, 3.05) is 25.0 Å². The molecule has 1 saturated heterocycles. The highest BCUT2D eigenvalue weighted by atomic mass is 35.5. The molecule has 27 heavy (non-hydrogen) atoms. The van der Waals surface area contributed by atoms with E-state index in [0.29, 0.717) is 19.1 Å². The number of nitrogens with one attached hydrogen (secondary N) is 2. The fourth-order valence-corrected chi connectivity index (χ4v) is 3.15. The Balaban J connectivity index is 0.00000210. The van der Waals surface area contributed by atoms with E-state index < -0.39 is 6.10 Å². The quantitative estimate of drug-likeness (QED) is 0.726. The summed E-state index contributed by atoms with van der Waals surface area (Å²) in [5, 5.41) is 6.13. The Morgan fingerprint density at radius 3 is 2.63 bits per heavy atom. The Bertz CT molecular complexity index is 947. The third kappa shape index (κ3) is 3.98. The van der Waals surface area contributed by atoms with Crippen LogP contribution in [-0.4, -0.2) is 41.3 Å². The number of hydrogen-bond acceptors (Lipinski definition) is 4. The van der Waals surface area contributed by atoms with Gasteiger partial charge >= 0.3 is 0 Å². The maximum absolute atomic E-state index is 12.6. The minimum absolute atomic E-state index is 0. The molecule has 0 bridgehead atoms. The lowest BCUT2D eigenvalue weighted by atomic mass is 10.2. The van der Waals surface area contributed by atoms with Gasteiger partial charge in [-0.3, -0.25) is 14.7 Å². The molecule has 1 aromatic heterocycles. The molecule has 1 aliphatic heterocycles. The van der Waals surface area contributed by atoms with Crippen molar-refractivity contribution in [3.8, 4) is 5.69 Å². The number of fused-ring (bicyclic) bond motifs is 1. The van der Waals surface area contributed by atoms with Crippen LogP contribution in [0.4, 0.5) is 5.95 Å². The SMILES string of the molecule is Cc1ccc(-n2c(NC(=O)C3CNCCO3)nc3cc(C)ccc32)cc1.Cl. The van der Waals surface area contributed by atoms with Crippen molar-refractivity contribution >= 4 is 35.3 Å². The second kappa shape index (κ2) is 8.08. The smallest absolute Gasteiger partial charge is 0.257 e. The Hall–Kier alpha value is -2.41. The van der Waals surface area contributed by atoms with Gasteiger partial charge in [0.1, 0.15) is 6.10 Å². The van der Waals surface area contributed by atoms with Crippen LogP contribution >= 0.6 is 12.4 Å². The Morgan fingerprint density at radius 2 is 1.93 bits per heavy atom. The number of amides is 1. The van der Waals surface area contributed by atoms with Gasteiger partial charge in [-0.05, 0) is 43.7 Å². The lowest BCUT2D eigenvalue weighted by Gasteiger charge is -2.22. The van der Waals surface area contributed by atoms with Gasteiger partial charge in [0, 0.05) is 18.8 Å². The largest absolute Gasteiger partial charge is 0.366 e. The van der Waals surface area contributed by atoms with Crippen molar-refractivity contribution in [3.63, 3.8) is 0 Å². The second-order valence-corrected chi connectivity index (χ2v) is 6.65. The summed E-state index contributed by atoms with van der Waals surface area (Å²) in [6.07, 6.45) is -0.503. The predicted octanol–water partition coefficient (Wildman–Crippen LogP) is 2.99. The van der Waals surface area contributed by atoms with Crippen LogP contribution in [-0.2, 0) is 9.53 Å². The van der Waals surface area contributed by atoms with Gasteiger partial charge in [-0.2, -0.15) is 0 Å². The van der Waals surface area contributed by atoms with E-state index in [-0.39, 0.29) is 18.3 Å². The maximum Gasteiger partial charge on any atom is 0.257 e. The number of ether oxygens (including phenoxy) is 1. The molecular weight excluding hydrogens is 364 g/mol. The predicted molar refractivity (Wildman–Crippen MR) is 109 cm³/mol. The summed E-state index contributed by atoms with van der Waals surface area (Å²) in [5.41, 5.74) is 5.07. The Kier molecular flexibility index (Phi) is 5.79. The molecule has 142 valence electrons. The van der Waals surface area contributed by atoms with Crippen LogP contribution < -0.4 is 10.6 Å². The highest BCUT2D eigenvalue weighted by Crippen LogP contribution is 2.26. The molecule has 0 aliphatic carbocycles. The number of aryl methyl sites for hydroxylation is 2. The number of aromatic nitrogens is 2. The molecule has 0 saturated carbocycles. The summed E-state index contributed by atoms with van der Waals surface area (Å²) in [5.74, 6) is 0.325. The van der Waals surface area contributed by atoms with Crippen molar-refractivity contribution in [2.24, 2.45) is 0 Å². The van der Waals surface area contributed by atoms with E-state index in [1.165, 1.54) is 5.56 Å². The summed E-state index contributed by atoms with van der Waals surface area (Å²) in [4.78, 5) is 17.3. The number of halogens is 1. The average Bonchev–Trinajstić information content (AvgIpc) is 3.00. The normalized spacial score (nSPS) is 16.7. The summed E-state index contributed by atoms with van der Waals surface area (Å²) in [7, 11) is 0. The number of anilines is 1. The molecule has 1 aliphatic rings. The molecular formula is C20H23ClN4O2. The van der Waals surface area contributed by atoms with Crippen molar-refractivity contribution < 1.29 is 9.53 Å². The number of carbonyl (C=O) groups excluding carboxylic acids is 1. The Morgan fingerprint density at radius 1 is 1.19 bits per heavy atom. The molecule has 1 atom stereocenters. The van der Waals surface area contributed by atoms with Gasteiger partial charge < -0.3 is 10.1 Å². The van der Waals surface area contributed by atoms with Gasteiger partial charge in [0.05, 0.1) is 17.6 Å². The van der Waals surface area contributed by atoms with Crippen LogP contribution in [0.25, 0.3) is 16.7 Å². The van der Waals surface area contributed by atoms with Crippen molar-refractivity contribution in [2.45, 2.75) is 20.0 Å². The van der Waals surface area contributed by atoms with Gasteiger partial charge in [0.25, 0.3) is 5.91 Å². The van der Waals surface area contributed by atoms with Gasteiger partial charge in [0.15, 0.2) is 0 Å². The summed E-state index contributed by atoms with van der Waals surface area (Å²) in [6, 6.07) is 14.3. The number of hydrogen-bond donors (Lipinski definition) is 2. The molecule has 3 aromatic rings. The lowest BCUT2D eigenvalue weighted by Crippen LogP contribution is -2.45. The highest BCUT2D eigenvalue weighted by Gasteiger charge is 2.24. The van der Waals surface area contributed by atoms with Crippen LogP contribution in [0.3, 0.4) is 0 Å². The highest BCUT2D eigenvalue weighted by molar-refractivity contribution is 5.95. The zero-order valence-electron chi connectivity index (χ0n) is 15.4. The topological polar surface area (TPSA) is 68.2 Å². The van der Waals surface area contributed by atoms with Crippen LogP contribution in [0, 0.1) is 13.8 Å². The van der Waals surface area contributed by atoms with E-state index in [9.17, 15) is 4.79 Å². The number of rotatable bonds is 3. The van der Waals surface area contributed by atoms with E-state index in [4.69, 9.17) is 4.74 Å². The van der Waals surface area contributed by atoms with Crippen molar-refractivity contribution in [3.05, 3.63) is 53.6 Å². The van der Waals surface area contributed by atoms with Crippen LogP contribution in [0.2, 0.25) is 0 Å². The fraction of sp³-hybridized carbons (Fsp3) is 0.300. The molecule has 1 amide bonds. The van der Waals surface area contributed by atoms with E-state index in [2.05, 4.69) is 40.7 Å². The second-order valence-electron chi connectivity index (χ2n) is 6.65. The molecule has 2 N–H and O–H groups in total. The van der Waals surface area contributed by atoms with Crippen molar-refractivity contribution in [1.29, 1.82) is 0 Å². The molecule has 1 fully saturated rings. The third-order valence-electron chi connectivity index (χ3n) is 4.56. The zero-order chi connectivity index (χ0) is 18.1. The minimum atomic E-state index is -0.503. The molecule has 1 unspecified atom stereocenters. The first kappa shape index (κ1) is 19.4. The van der Waals surface area contributed by atoms with E-state index in [1.807, 2.05) is 35.8 Å². The summed E-state index contributed by atoms with van der Waals surface area (Å²) in [6.45, 7) is 5.89. The van der Waals surface area contributed by atoms with Gasteiger partial charge in [0.2, 0.25) is 5.95 Å². The lowest BCUT2D eigenvalue weighted by molar-refractivity contribution is -0.128. The van der Waals surface area contributed by atoms with Crippen LogP contribution in [0.1, 0.15) is 11.1 Å². The molecule has 2 aromatic carbocycles. The van der Waals surface area contributed by atoms with E-state index >= 15 is 0 Å². The molecule has 0 radical (unpaired) electrons. The fourth-order valence-electron chi connectivity index (χ4n) is 3.15. The third-order valence-corrected chi connectivity index (χ3v) is 4.56. The van der Waals surface area contributed by atoms with Gasteiger partial charge in [-0.15, -0.1) is 12.4 Å². The standard InChI is InChI=1S/C20H22N4O2.ClH/c1-13-3-6-15(7-4-13)24-17-8-5-14(2)11-16(17)22-20(24)23-19(25)18-12-21-9-10-26-18;/h3-8,11,18,21H,9-10,12H2,1-2H3,(H,22,23,25);1H. The first-order chi connectivity index (χ1) is 12.6. The van der Waals surface area contributed by atoms with E-state index in [0.717, 1.165) is 28.8 Å². The molecule has 7 heteroatoms. The monoisotopic (exact) mass is 386 g/mol. The Labute approximate surface area is 164 Å². The molecule has 4 rings (SSSR count). The number of carbonyl (C=O) groups is 1. The molecule has 0 spiro atoms. The van der Waals surface area contributed by atoms with Gasteiger partial charge in [-0.25, -0.2) is 4.98 Å². The minimum Gasteiger partial charge on any atom is -0.366 e. The summed E-state index contributed by atoms with van der Waals surface area (Å²) < 4.78 is 7.53.